The summed E-state index contributed by atoms with van der Waals surface area (Å²) >= 11 is 0. The van der Waals surface area contributed by atoms with Crippen LogP contribution in [0.1, 0.15) is 35.7 Å². The van der Waals surface area contributed by atoms with E-state index in [-0.39, 0.29) is 18.3 Å². The molecule has 1 aromatic rings. The Kier molecular flexibility index (Phi) is 8.59. The molecule has 1 atom stereocenters. The van der Waals surface area contributed by atoms with Crippen molar-refractivity contribution in [1.82, 2.24) is 5.32 Å². The summed E-state index contributed by atoms with van der Waals surface area (Å²) in [4.78, 5) is 22.6. The Hall–Kier alpha value is -1.59. The minimum atomic E-state index is -0.448. The molecule has 112 valence electrons. The third-order valence-corrected chi connectivity index (χ3v) is 2.86. The van der Waals surface area contributed by atoms with Gasteiger partial charge in [0.15, 0.2) is 0 Å². The predicted octanol–water partition coefficient (Wildman–Crippen LogP) is 0.993. The number of benzene rings is 1. The molecule has 0 spiro atoms. The first-order valence-electron chi connectivity index (χ1n) is 6.46. The van der Waals surface area contributed by atoms with Gasteiger partial charge in [-0.05, 0) is 30.5 Å². The van der Waals surface area contributed by atoms with Gasteiger partial charge in [0.2, 0.25) is 11.8 Å². The average molecular weight is 300 g/mol. The molecule has 0 fully saturated rings. The molecular weight excluding hydrogens is 278 g/mol. The van der Waals surface area contributed by atoms with Crippen LogP contribution < -0.4 is 16.8 Å². The van der Waals surface area contributed by atoms with Crippen molar-refractivity contribution >= 4 is 24.2 Å². The highest BCUT2D eigenvalue weighted by Crippen LogP contribution is 2.05. The molecule has 6 heteroatoms. The zero-order valence-electron chi connectivity index (χ0n) is 11.6. The maximum absolute atomic E-state index is 11.6. The normalized spacial score (nSPS) is 11.3. The number of amides is 2. The van der Waals surface area contributed by atoms with Gasteiger partial charge in [-0.2, -0.15) is 0 Å². The molecule has 1 rings (SSSR count). The number of primary amides is 1. The smallest absolute Gasteiger partial charge is 0.248 e. The van der Waals surface area contributed by atoms with Gasteiger partial charge < -0.3 is 16.8 Å². The number of nitrogens with one attached hydrogen (secondary N) is 1. The Morgan fingerprint density at radius 3 is 2.65 bits per heavy atom. The SMILES string of the molecule is CCCC(N)C(=O)NCCc1cccc(C(N)=O)c1.Cl. The summed E-state index contributed by atoms with van der Waals surface area (Å²) in [5, 5.41) is 2.78. The summed E-state index contributed by atoms with van der Waals surface area (Å²) < 4.78 is 0. The fourth-order valence-corrected chi connectivity index (χ4v) is 1.78. The number of nitrogens with two attached hydrogens (primary N) is 2. The third kappa shape index (κ3) is 6.04. The van der Waals surface area contributed by atoms with E-state index in [4.69, 9.17) is 11.5 Å². The first-order valence-corrected chi connectivity index (χ1v) is 6.46. The summed E-state index contributed by atoms with van der Waals surface area (Å²) in [6, 6.07) is 6.63. The quantitative estimate of drug-likeness (QED) is 0.700. The predicted molar refractivity (Wildman–Crippen MR) is 81.8 cm³/mol. The number of hydrogen-bond acceptors (Lipinski definition) is 3. The lowest BCUT2D eigenvalue weighted by atomic mass is 10.1. The van der Waals surface area contributed by atoms with Crippen LogP contribution in [0.5, 0.6) is 0 Å². The van der Waals surface area contributed by atoms with Crippen LogP contribution in [-0.4, -0.2) is 24.4 Å². The average Bonchev–Trinajstić information content (AvgIpc) is 2.39. The van der Waals surface area contributed by atoms with Crippen LogP contribution in [0.2, 0.25) is 0 Å². The van der Waals surface area contributed by atoms with Crippen LogP contribution in [0.4, 0.5) is 0 Å². The molecular formula is C14H22ClN3O2. The van der Waals surface area contributed by atoms with Crippen LogP contribution in [0.25, 0.3) is 0 Å². The topological polar surface area (TPSA) is 98.2 Å². The molecule has 20 heavy (non-hydrogen) atoms. The fraction of sp³-hybridized carbons (Fsp3) is 0.429. The zero-order valence-corrected chi connectivity index (χ0v) is 12.4. The minimum absolute atomic E-state index is 0. The summed E-state index contributed by atoms with van der Waals surface area (Å²) in [5.41, 5.74) is 12.3. The second-order valence-electron chi connectivity index (χ2n) is 4.50. The lowest BCUT2D eigenvalue weighted by molar-refractivity contribution is -0.122. The highest BCUT2D eigenvalue weighted by Gasteiger charge is 2.11. The Balaban J connectivity index is 0.00000361. The molecule has 0 aliphatic heterocycles. The maximum atomic E-state index is 11.6. The fourth-order valence-electron chi connectivity index (χ4n) is 1.78. The molecule has 0 aliphatic carbocycles. The van der Waals surface area contributed by atoms with E-state index < -0.39 is 11.9 Å². The van der Waals surface area contributed by atoms with Crippen molar-refractivity contribution in [3.8, 4) is 0 Å². The summed E-state index contributed by atoms with van der Waals surface area (Å²) in [5.74, 6) is -0.580. The summed E-state index contributed by atoms with van der Waals surface area (Å²) in [6.07, 6.45) is 2.21. The maximum Gasteiger partial charge on any atom is 0.248 e. The highest BCUT2D eigenvalue weighted by molar-refractivity contribution is 5.92. The first-order chi connectivity index (χ1) is 9.04. The van der Waals surface area contributed by atoms with Crippen molar-refractivity contribution < 1.29 is 9.59 Å². The van der Waals surface area contributed by atoms with E-state index >= 15 is 0 Å². The van der Waals surface area contributed by atoms with Gasteiger partial charge in [0.25, 0.3) is 0 Å². The van der Waals surface area contributed by atoms with Crippen LogP contribution in [0.15, 0.2) is 24.3 Å². The van der Waals surface area contributed by atoms with E-state index in [9.17, 15) is 9.59 Å². The summed E-state index contributed by atoms with van der Waals surface area (Å²) in [6.45, 7) is 2.49. The van der Waals surface area contributed by atoms with Crippen molar-refractivity contribution in [2.24, 2.45) is 11.5 Å². The van der Waals surface area contributed by atoms with Crippen molar-refractivity contribution in [1.29, 1.82) is 0 Å². The number of carbonyl (C=O) groups is 2. The molecule has 0 aromatic heterocycles. The van der Waals surface area contributed by atoms with Crippen LogP contribution in [0, 0.1) is 0 Å². The third-order valence-electron chi connectivity index (χ3n) is 2.86. The molecule has 0 saturated carbocycles. The minimum Gasteiger partial charge on any atom is -0.366 e. The second kappa shape index (κ2) is 9.34. The van der Waals surface area contributed by atoms with Crippen molar-refractivity contribution in [3.05, 3.63) is 35.4 Å². The number of rotatable bonds is 7. The van der Waals surface area contributed by atoms with Gasteiger partial charge in [-0.25, -0.2) is 0 Å². The van der Waals surface area contributed by atoms with E-state index in [0.29, 0.717) is 24.9 Å². The Morgan fingerprint density at radius 2 is 2.05 bits per heavy atom. The van der Waals surface area contributed by atoms with E-state index in [1.165, 1.54) is 0 Å². The standard InChI is InChI=1S/C14H21N3O2.ClH/c1-2-4-12(15)14(19)17-8-7-10-5-3-6-11(9-10)13(16)18;/h3,5-6,9,12H,2,4,7-8,15H2,1H3,(H2,16,18)(H,17,19);1H. The highest BCUT2D eigenvalue weighted by atomic mass is 35.5. The molecule has 0 bridgehead atoms. The van der Waals surface area contributed by atoms with Gasteiger partial charge >= 0.3 is 0 Å². The Bertz CT molecular complexity index is 452. The molecule has 2 amide bonds. The molecule has 5 nitrogen and oxygen atoms in total. The van der Waals surface area contributed by atoms with Gasteiger partial charge in [-0.15, -0.1) is 12.4 Å². The second-order valence-corrected chi connectivity index (χ2v) is 4.50. The Morgan fingerprint density at radius 1 is 1.35 bits per heavy atom. The van der Waals surface area contributed by atoms with Gasteiger partial charge in [0.1, 0.15) is 0 Å². The zero-order chi connectivity index (χ0) is 14.3. The lowest BCUT2D eigenvalue weighted by Gasteiger charge is -2.11. The van der Waals surface area contributed by atoms with Crippen molar-refractivity contribution in [2.75, 3.05) is 6.54 Å². The van der Waals surface area contributed by atoms with E-state index in [2.05, 4.69) is 5.32 Å². The monoisotopic (exact) mass is 299 g/mol. The van der Waals surface area contributed by atoms with Gasteiger partial charge in [-0.3, -0.25) is 9.59 Å². The van der Waals surface area contributed by atoms with Crippen molar-refractivity contribution in [3.63, 3.8) is 0 Å². The molecule has 0 aliphatic rings. The Labute approximate surface area is 125 Å². The van der Waals surface area contributed by atoms with Gasteiger partial charge in [0, 0.05) is 12.1 Å². The molecule has 0 radical (unpaired) electrons. The molecule has 5 N–H and O–H groups in total. The van der Waals surface area contributed by atoms with Crippen LogP contribution in [-0.2, 0) is 11.2 Å². The van der Waals surface area contributed by atoms with Crippen LogP contribution in [0.3, 0.4) is 0 Å². The largest absolute Gasteiger partial charge is 0.366 e. The molecule has 0 saturated heterocycles. The van der Waals surface area contributed by atoms with Gasteiger partial charge in [-0.1, -0.05) is 25.5 Å². The van der Waals surface area contributed by atoms with E-state index in [1.54, 1.807) is 18.2 Å². The number of hydrogen-bond donors (Lipinski definition) is 3. The number of carbonyl (C=O) groups excluding carboxylic acids is 2. The van der Waals surface area contributed by atoms with Gasteiger partial charge in [0.05, 0.1) is 6.04 Å². The summed E-state index contributed by atoms with van der Waals surface area (Å²) in [7, 11) is 0. The molecule has 1 aromatic carbocycles. The van der Waals surface area contributed by atoms with E-state index in [1.807, 2.05) is 13.0 Å². The number of halogens is 1. The molecule has 0 heterocycles. The molecule has 1 unspecified atom stereocenters. The van der Waals surface area contributed by atoms with Crippen molar-refractivity contribution in [2.45, 2.75) is 32.2 Å². The van der Waals surface area contributed by atoms with Crippen LogP contribution >= 0.6 is 12.4 Å². The van der Waals surface area contributed by atoms with E-state index in [0.717, 1.165) is 12.0 Å². The lowest BCUT2D eigenvalue weighted by Crippen LogP contribution is -2.41. The first kappa shape index (κ1) is 18.4.